The second-order valence-corrected chi connectivity index (χ2v) is 6.37. The van der Waals surface area contributed by atoms with Crippen LogP contribution in [0.2, 0.25) is 0 Å². The summed E-state index contributed by atoms with van der Waals surface area (Å²) in [5, 5.41) is 12.4. The minimum Gasteiger partial charge on any atom is -0.475 e. The zero-order valence-electron chi connectivity index (χ0n) is 15.0. The Kier molecular flexibility index (Phi) is 7.11. The number of halogens is 5. The van der Waals surface area contributed by atoms with Crippen LogP contribution in [0.3, 0.4) is 0 Å². The van der Waals surface area contributed by atoms with Crippen molar-refractivity contribution in [2.75, 3.05) is 31.1 Å². The number of carboxylic acids is 1. The first-order valence-corrected chi connectivity index (χ1v) is 8.59. The van der Waals surface area contributed by atoms with Gasteiger partial charge in [0.05, 0.1) is 11.6 Å². The quantitative estimate of drug-likeness (QED) is 0.493. The number of hydrogen-bond acceptors (Lipinski definition) is 5. The van der Waals surface area contributed by atoms with Crippen LogP contribution >= 0.6 is 0 Å². The highest BCUT2D eigenvalue weighted by Crippen LogP contribution is 2.31. The van der Waals surface area contributed by atoms with E-state index in [0.717, 1.165) is 25.2 Å². The molecule has 1 aromatic rings. The van der Waals surface area contributed by atoms with Gasteiger partial charge in [0.2, 0.25) is 11.8 Å². The van der Waals surface area contributed by atoms with Crippen LogP contribution in [0.25, 0.3) is 0 Å². The molecule has 0 radical (unpaired) electrons. The number of hydrogen-bond donors (Lipinski definition) is 3. The average Bonchev–Trinajstić information content (AvgIpc) is 2.64. The molecule has 0 aromatic heterocycles. The number of benzene rings is 1. The highest BCUT2D eigenvalue weighted by atomic mass is 19.4. The summed E-state index contributed by atoms with van der Waals surface area (Å²) in [6, 6.07) is 2.24. The molecule has 12 heteroatoms. The van der Waals surface area contributed by atoms with Crippen LogP contribution in [-0.4, -0.2) is 55.2 Å². The summed E-state index contributed by atoms with van der Waals surface area (Å²) < 4.78 is 60.4. The summed E-state index contributed by atoms with van der Waals surface area (Å²) in [6.07, 6.45) is -4.75. The number of carboxylic acid groups (broad SMARTS) is 1. The van der Waals surface area contributed by atoms with Gasteiger partial charge in [0.15, 0.2) is 0 Å². The maximum atomic E-state index is 14.4. The maximum Gasteiger partial charge on any atom is 0.490 e. The lowest BCUT2D eigenvalue weighted by Crippen LogP contribution is -2.44. The Morgan fingerprint density at radius 2 is 1.69 bits per heavy atom. The highest BCUT2D eigenvalue weighted by molar-refractivity contribution is 6.01. The second kappa shape index (κ2) is 9.16. The summed E-state index contributed by atoms with van der Waals surface area (Å²) in [6.45, 7) is 2.65. The van der Waals surface area contributed by atoms with Crippen LogP contribution in [0, 0.1) is 11.6 Å². The number of amides is 2. The predicted octanol–water partition coefficient (Wildman–Crippen LogP) is 1.53. The summed E-state index contributed by atoms with van der Waals surface area (Å²) in [4.78, 5) is 33.6. The van der Waals surface area contributed by atoms with Crippen molar-refractivity contribution >= 4 is 23.5 Å². The van der Waals surface area contributed by atoms with E-state index in [0.29, 0.717) is 13.1 Å². The van der Waals surface area contributed by atoms with Crippen molar-refractivity contribution in [1.82, 2.24) is 10.6 Å². The zero-order chi connectivity index (χ0) is 21.8. The van der Waals surface area contributed by atoms with Gasteiger partial charge in [-0.25, -0.2) is 13.6 Å². The smallest absolute Gasteiger partial charge is 0.475 e. The van der Waals surface area contributed by atoms with E-state index in [4.69, 9.17) is 9.90 Å². The number of anilines is 1. The Morgan fingerprint density at radius 1 is 1.10 bits per heavy atom. The van der Waals surface area contributed by atoms with Crippen molar-refractivity contribution in [3.8, 4) is 0 Å². The van der Waals surface area contributed by atoms with Crippen molar-refractivity contribution in [2.45, 2.75) is 24.9 Å². The van der Waals surface area contributed by atoms with Gasteiger partial charge in [-0.1, -0.05) is 0 Å². The molecule has 1 atom stereocenters. The molecule has 2 aliphatic heterocycles. The average molecular weight is 423 g/mol. The Morgan fingerprint density at radius 3 is 2.21 bits per heavy atom. The van der Waals surface area contributed by atoms with E-state index in [2.05, 4.69) is 10.6 Å². The minimum absolute atomic E-state index is 0.0152. The molecule has 3 rings (SSSR count). The van der Waals surface area contributed by atoms with Gasteiger partial charge in [-0.15, -0.1) is 0 Å². The fourth-order valence-electron chi connectivity index (χ4n) is 2.96. The lowest BCUT2D eigenvalue weighted by Gasteiger charge is -2.30. The molecule has 160 valence electrons. The Labute approximate surface area is 161 Å². The SMILES string of the molecule is O=C(O)C(F)(F)F.O=C1CCC(c2cc(F)c(N3CCNCC3)cc2F)C(=O)N1. The molecule has 29 heavy (non-hydrogen) atoms. The Bertz CT molecular complexity index is 794. The van der Waals surface area contributed by atoms with Crippen molar-refractivity contribution in [1.29, 1.82) is 0 Å². The van der Waals surface area contributed by atoms with Gasteiger partial charge in [0, 0.05) is 44.2 Å². The number of rotatable bonds is 2. The van der Waals surface area contributed by atoms with Gasteiger partial charge in [-0.3, -0.25) is 14.9 Å². The number of aliphatic carboxylic acids is 1. The normalized spacial score (nSPS) is 19.9. The second-order valence-electron chi connectivity index (χ2n) is 6.37. The van der Waals surface area contributed by atoms with Crippen molar-refractivity contribution < 1.29 is 41.4 Å². The third-order valence-corrected chi connectivity index (χ3v) is 4.38. The molecule has 1 aromatic carbocycles. The number of piperidine rings is 1. The van der Waals surface area contributed by atoms with E-state index in [1.54, 1.807) is 4.90 Å². The standard InChI is InChI=1S/C15H17F2N3O2.C2HF3O2/c16-11-8-13(20-5-3-18-4-6-20)12(17)7-10(11)9-1-2-14(21)19-15(9)22;3-2(4,5)1(6)7/h7-9,18H,1-6H2,(H,19,21,22);(H,6,7). The Hall–Kier alpha value is -2.76. The molecule has 1 unspecified atom stereocenters. The maximum absolute atomic E-state index is 14.4. The third kappa shape index (κ3) is 5.86. The molecule has 0 bridgehead atoms. The van der Waals surface area contributed by atoms with Gasteiger partial charge >= 0.3 is 12.1 Å². The molecule has 2 heterocycles. The van der Waals surface area contributed by atoms with E-state index in [1.165, 1.54) is 0 Å². The zero-order valence-corrected chi connectivity index (χ0v) is 15.0. The van der Waals surface area contributed by atoms with Gasteiger partial charge in [0.25, 0.3) is 0 Å². The first-order chi connectivity index (χ1) is 13.5. The summed E-state index contributed by atoms with van der Waals surface area (Å²) >= 11 is 0. The number of imide groups is 1. The van der Waals surface area contributed by atoms with Gasteiger partial charge in [-0.05, 0) is 12.5 Å². The largest absolute Gasteiger partial charge is 0.490 e. The number of carbonyl (C=O) groups is 3. The molecule has 0 aliphatic carbocycles. The molecule has 3 N–H and O–H groups in total. The van der Waals surface area contributed by atoms with Crippen molar-refractivity contribution in [2.24, 2.45) is 0 Å². The molecular weight excluding hydrogens is 405 g/mol. The molecule has 0 spiro atoms. The van der Waals surface area contributed by atoms with Crippen LogP contribution in [0.15, 0.2) is 12.1 Å². The first kappa shape index (κ1) is 22.5. The monoisotopic (exact) mass is 423 g/mol. The van der Waals surface area contributed by atoms with E-state index in [9.17, 15) is 31.5 Å². The fourth-order valence-corrected chi connectivity index (χ4v) is 2.96. The topological polar surface area (TPSA) is 98.7 Å². The molecule has 2 amide bonds. The Balaban J connectivity index is 0.000000370. The van der Waals surface area contributed by atoms with Crippen LogP contribution < -0.4 is 15.5 Å². The first-order valence-electron chi connectivity index (χ1n) is 8.59. The molecular formula is C17H18F5N3O4. The summed E-state index contributed by atoms with van der Waals surface area (Å²) in [5.41, 5.74) is 0.233. The van der Waals surface area contributed by atoms with Crippen LogP contribution in [0.5, 0.6) is 0 Å². The minimum atomic E-state index is -5.08. The van der Waals surface area contributed by atoms with Gasteiger partial charge < -0.3 is 15.3 Å². The fraction of sp³-hybridized carbons (Fsp3) is 0.471. The van der Waals surface area contributed by atoms with E-state index >= 15 is 0 Å². The molecule has 2 saturated heterocycles. The number of nitrogens with one attached hydrogen (secondary N) is 2. The van der Waals surface area contributed by atoms with Crippen molar-refractivity contribution in [3.05, 3.63) is 29.3 Å². The lowest BCUT2D eigenvalue weighted by atomic mass is 9.90. The van der Waals surface area contributed by atoms with E-state index in [-0.39, 0.29) is 30.0 Å². The molecule has 0 saturated carbocycles. The number of piperazine rings is 1. The molecule has 7 nitrogen and oxygen atoms in total. The van der Waals surface area contributed by atoms with Gasteiger partial charge in [0.1, 0.15) is 11.6 Å². The molecule has 2 aliphatic rings. The van der Waals surface area contributed by atoms with E-state index in [1.807, 2.05) is 0 Å². The number of alkyl halides is 3. The number of carbonyl (C=O) groups excluding carboxylic acids is 2. The van der Waals surface area contributed by atoms with Crippen molar-refractivity contribution in [3.63, 3.8) is 0 Å². The highest BCUT2D eigenvalue weighted by Gasteiger charge is 2.38. The van der Waals surface area contributed by atoms with Crippen LogP contribution in [0.1, 0.15) is 24.3 Å². The number of nitrogens with zero attached hydrogens (tertiary/aromatic N) is 1. The van der Waals surface area contributed by atoms with Gasteiger partial charge in [-0.2, -0.15) is 13.2 Å². The summed E-state index contributed by atoms with van der Waals surface area (Å²) in [5.74, 6) is -5.66. The van der Waals surface area contributed by atoms with Crippen LogP contribution in [-0.2, 0) is 14.4 Å². The summed E-state index contributed by atoms with van der Waals surface area (Å²) in [7, 11) is 0. The lowest BCUT2D eigenvalue weighted by molar-refractivity contribution is -0.192. The van der Waals surface area contributed by atoms with E-state index < -0.39 is 35.6 Å². The molecule has 2 fully saturated rings. The third-order valence-electron chi connectivity index (χ3n) is 4.38. The van der Waals surface area contributed by atoms with Crippen LogP contribution in [0.4, 0.5) is 27.6 Å². The predicted molar refractivity (Wildman–Crippen MR) is 90.3 cm³/mol.